The highest BCUT2D eigenvalue weighted by molar-refractivity contribution is 5.91. The van der Waals surface area contributed by atoms with E-state index >= 15 is 0 Å². The summed E-state index contributed by atoms with van der Waals surface area (Å²) >= 11 is 0. The summed E-state index contributed by atoms with van der Waals surface area (Å²) in [6.45, 7) is 1.58. The van der Waals surface area contributed by atoms with Crippen molar-refractivity contribution in [2.45, 2.75) is 50.9 Å². The summed E-state index contributed by atoms with van der Waals surface area (Å²) in [5.74, 6) is 0.449. The average Bonchev–Trinajstić information content (AvgIpc) is 2.68. The highest BCUT2D eigenvalue weighted by atomic mass is 19.4. The number of nitrogens with two attached hydrogens (primary N) is 1. The molecule has 164 valence electrons. The topological polar surface area (TPSA) is 109 Å². The summed E-state index contributed by atoms with van der Waals surface area (Å²) in [7, 11) is 0. The molecule has 0 saturated heterocycles. The average molecular weight is 432 g/mol. The van der Waals surface area contributed by atoms with Gasteiger partial charge in [0, 0.05) is 24.0 Å². The number of H-pyrrole nitrogens is 1. The summed E-state index contributed by atoms with van der Waals surface area (Å²) in [5, 5.41) is 6.35. The lowest BCUT2D eigenvalue weighted by atomic mass is 9.92. The van der Waals surface area contributed by atoms with Crippen molar-refractivity contribution < 1.29 is 13.2 Å². The van der Waals surface area contributed by atoms with Crippen LogP contribution in [0.2, 0.25) is 0 Å². The van der Waals surface area contributed by atoms with Crippen LogP contribution in [0.4, 0.5) is 30.6 Å². The molecule has 0 amide bonds. The van der Waals surface area contributed by atoms with E-state index in [1.54, 1.807) is 19.1 Å². The SMILES string of the molecule is Cc1cc(Nc2nc(NC3CCC(N)CC3)nc3cc[nH]c(=O)c23)cc(C(F)(F)F)c1. The number of nitrogens with zero attached hydrogens (tertiary/aromatic N) is 2. The third-order valence-electron chi connectivity index (χ3n) is 5.39. The van der Waals surface area contributed by atoms with Gasteiger partial charge < -0.3 is 21.4 Å². The molecule has 1 aliphatic carbocycles. The number of halogens is 3. The van der Waals surface area contributed by atoms with Crippen LogP contribution in [0.3, 0.4) is 0 Å². The lowest BCUT2D eigenvalue weighted by molar-refractivity contribution is -0.137. The Hall–Kier alpha value is -3.14. The fraction of sp³-hybridized carbons (Fsp3) is 0.381. The number of aromatic nitrogens is 3. The molecule has 2 heterocycles. The molecule has 5 N–H and O–H groups in total. The first kappa shape index (κ1) is 21.1. The van der Waals surface area contributed by atoms with Crippen LogP contribution in [0.5, 0.6) is 0 Å². The maximum Gasteiger partial charge on any atom is 0.416 e. The van der Waals surface area contributed by atoms with E-state index in [2.05, 4.69) is 25.6 Å². The van der Waals surface area contributed by atoms with Gasteiger partial charge in [0.15, 0.2) is 0 Å². The maximum atomic E-state index is 13.2. The van der Waals surface area contributed by atoms with Crippen LogP contribution >= 0.6 is 0 Å². The largest absolute Gasteiger partial charge is 0.416 e. The third kappa shape index (κ3) is 4.79. The van der Waals surface area contributed by atoms with Crippen LogP contribution in [-0.2, 0) is 6.18 Å². The van der Waals surface area contributed by atoms with E-state index in [9.17, 15) is 18.0 Å². The van der Waals surface area contributed by atoms with E-state index < -0.39 is 17.3 Å². The van der Waals surface area contributed by atoms with Crippen LogP contribution in [0, 0.1) is 6.92 Å². The van der Waals surface area contributed by atoms with Crippen LogP contribution < -0.4 is 21.9 Å². The van der Waals surface area contributed by atoms with Crippen molar-refractivity contribution in [2.24, 2.45) is 5.73 Å². The second-order valence-corrected chi connectivity index (χ2v) is 7.93. The van der Waals surface area contributed by atoms with Crippen molar-refractivity contribution >= 4 is 28.4 Å². The third-order valence-corrected chi connectivity index (χ3v) is 5.39. The van der Waals surface area contributed by atoms with Crippen molar-refractivity contribution in [3.8, 4) is 0 Å². The second-order valence-electron chi connectivity index (χ2n) is 7.93. The predicted octanol–water partition coefficient (Wildman–Crippen LogP) is 4.07. The van der Waals surface area contributed by atoms with Crippen molar-refractivity contribution in [1.82, 2.24) is 15.0 Å². The van der Waals surface area contributed by atoms with E-state index in [0.717, 1.165) is 37.8 Å². The quantitative estimate of drug-likeness (QED) is 0.495. The Balaban J connectivity index is 1.72. The molecule has 0 spiro atoms. The van der Waals surface area contributed by atoms with Gasteiger partial charge in [-0.05, 0) is 62.4 Å². The molecule has 1 fully saturated rings. The summed E-state index contributed by atoms with van der Waals surface area (Å²) in [4.78, 5) is 23.9. The highest BCUT2D eigenvalue weighted by Crippen LogP contribution is 2.33. The zero-order valence-corrected chi connectivity index (χ0v) is 16.9. The molecule has 7 nitrogen and oxygen atoms in total. The van der Waals surface area contributed by atoms with Gasteiger partial charge in [0.2, 0.25) is 5.95 Å². The van der Waals surface area contributed by atoms with Gasteiger partial charge in [0.05, 0.1) is 11.1 Å². The molecule has 2 aromatic heterocycles. The van der Waals surface area contributed by atoms with E-state index in [0.29, 0.717) is 17.0 Å². The zero-order chi connectivity index (χ0) is 22.2. The Morgan fingerprint density at radius 2 is 1.87 bits per heavy atom. The molecule has 0 atom stereocenters. The van der Waals surface area contributed by atoms with Crippen LogP contribution in [0.25, 0.3) is 10.9 Å². The standard InChI is InChI=1S/C21H23F3N6O/c1-11-8-12(21(22,23)24)10-15(9-11)27-18-17-16(6-7-26-19(17)31)29-20(30-18)28-14-4-2-13(25)3-5-14/h6-10,13-14H,2-5,25H2,1H3,(H,26,31)(H2,27,28,29,30). The molecular formula is C21H23F3N6O. The molecule has 1 saturated carbocycles. The predicted molar refractivity (Wildman–Crippen MR) is 113 cm³/mol. The first-order valence-corrected chi connectivity index (χ1v) is 10.1. The van der Waals surface area contributed by atoms with Gasteiger partial charge in [0.25, 0.3) is 5.56 Å². The number of nitrogens with one attached hydrogen (secondary N) is 3. The second kappa shape index (κ2) is 8.18. The Kier molecular flexibility index (Phi) is 5.57. The Morgan fingerprint density at radius 1 is 1.13 bits per heavy atom. The molecule has 31 heavy (non-hydrogen) atoms. The van der Waals surface area contributed by atoms with E-state index in [1.807, 2.05) is 0 Å². The lowest BCUT2D eigenvalue weighted by Gasteiger charge is -2.27. The lowest BCUT2D eigenvalue weighted by Crippen LogP contribution is -2.33. The van der Waals surface area contributed by atoms with Gasteiger partial charge in [-0.3, -0.25) is 4.79 Å². The normalized spacial score (nSPS) is 19.4. The van der Waals surface area contributed by atoms with Gasteiger partial charge in [-0.15, -0.1) is 0 Å². The Bertz CT molecular complexity index is 1150. The number of benzene rings is 1. The van der Waals surface area contributed by atoms with Crippen molar-refractivity contribution in [2.75, 3.05) is 10.6 Å². The fourth-order valence-electron chi connectivity index (χ4n) is 3.85. The molecule has 10 heteroatoms. The van der Waals surface area contributed by atoms with E-state index in [-0.39, 0.29) is 29.0 Å². The summed E-state index contributed by atoms with van der Waals surface area (Å²) < 4.78 is 39.7. The monoisotopic (exact) mass is 432 g/mol. The number of aromatic amines is 1. The molecule has 3 aromatic rings. The summed E-state index contributed by atoms with van der Waals surface area (Å²) in [6.07, 6.45) is 0.502. The van der Waals surface area contributed by atoms with E-state index in [4.69, 9.17) is 5.73 Å². The molecule has 1 aromatic carbocycles. The van der Waals surface area contributed by atoms with Crippen LogP contribution in [0.1, 0.15) is 36.8 Å². The summed E-state index contributed by atoms with van der Waals surface area (Å²) in [6, 6.07) is 5.59. The number of fused-ring (bicyclic) bond motifs is 1. The number of rotatable bonds is 4. The molecule has 0 radical (unpaired) electrons. The van der Waals surface area contributed by atoms with Gasteiger partial charge in [0.1, 0.15) is 11.2 Å². The van der Waals surface area contributed by atoms with Crippen LogP contribution in [0.15, 0.2) is 35.3 Å². The molecule has 0 bridgehead atoms. The Morgan fingerprint density at radius 3 is 2.58 bits per heavy atom. The van der Waals surface area contributed by atoms with Gasteiger partial charge in [-0.2, -0.15) is 18.2 Å². The van der Waals surface area contributed by atoms with Crippen LogP contribution in [-0.4, -0.2) is 27.0 Å². The smallest absolute Gasteiger partial charge is 0.351 e. The molecular weight excluding hydrogens is 409 g/mol. The first-order chi connectivity index (χ1) is 14.7. The van der Waals surface area contributed by atoms with Crippen molar-refractivity contribution in [3.63, 3.8) is 0 Å². The number of anilines is 3. The summed E-state index contributed by atoms with van der Waals surface area (Å²) in [5.41, 5.74) is 5.76. The van der Waals surface area contributed by atoms with Gasteiger partial charge >= 0.3 is 6.18 Å². The molecule has 0 aliphatic heterocycles. The van der Waals surface area contributed by atoms with Gasteiger partial charge in [-0.25, -0.2) is 4.98 Å². The first-order valence-electron chi connectivity index (χ1n) is 10.1. The maximum absolute atomic E-state index is 13.2. The van der Waals surface area contributed by atoms with E-state index in [1.165, 1.54) is 6.20 Å². The van der Waals surface area contributed by atoms with Gasteiger partial charge in [-0.1, -0.05) is 0 Å². The zero-order valence-electron chi connectivity index (χ0n) is 16.9. The minimum Gasteiger partial charge on any atom is -0.351 e. The fourth-order valence-corrected chi connectivity index (χ4v) is 3.85. The number of hydrogen-bond donors (Lipinski definition) is 4. The minimum absolute atomic E-state index is 0.139. The number of pyridine rings is 1. The minimum atomic E-state index is -4.48. The number of alkyl halides is 3. The highest BCUT2D eigenvalue weighted by Gasteiger charge is 2.31. The van der Waals surface area contributed by atoms with Crippen molar-refractivity contribution in [1.29, 1.82) is 0 Å². The Labute approximate surface area is 176 Å². The molecule has 0 unspecified atom stereocenters. The number of hydrogen-bond acceptors (Lipinski definition) is 6. The molecule has 4 rings (SSSR count). The molecule has 1 aliphatic rings. The van der Waals surface area contributed by atoms with Crippen molar-refractivity contribution in [3.05, 3.63) is 51.9 Å². The number of aryl methyl sites for hydroxylation is 1.